The van der Waals surface area contributed by atoms with Crippen molar-refractivity contribution in [2.75, 3.05) is 13.2 Å². The van der Waals surface area contributed by atoms with Crippen molar-refractivity contribution in [1.82, 2.24) is 0 Å². The quantitative estimate of drug-likeness (QED) is 0.707. The zero-order valence-corrected chi connectivity index (χ0v) is 13.1. The molecule has 19 heavy (non-hydrogen) atoms. The van der Waals surface area contributed by atoms with Gasteiger partial charge >= 0.3 is 6.18 Å². The Kier molecular flexibility index (Phi) is 5.44. The van der Waals surface area contributed by atoms with Gasteiger partial charge in [-0.1, -0.05) is 22.0 Å². The topological polar surface area (TPSA) is 9.23 Å². The van der Waals surface area contributed by atoms with Gasteiger partial charge in [-0.05, 0) is 55.5 Å². The molecule has 0 aliphatic carbocycles. The molecule has 1 nitrogen and oxygen atoms in total. The van der Waals surface area contributed by atoms with E-state index in [0.29, 0.717) is 0 Å². The summed E-state index contributed by atoms with van der Waals surface area (Å²) in [4.78, 5) is -0.228. The molecule has 1 aromatic rings. The van der Waals surface area contributed by atoms with E-state index >= 15 is 0 Å². The molecule has 5 heteroatoms. The third-order valence-electron chi connectivity index (χ3n) is 3.27. The number of alkyl halides is 4. The molecule has 0 amide bonds. The second-order valence-corrected chi connectivity index (χ2v) is 5.88. The number of ether oxygens (including phenoxy) is 1. The second-order valence-electron chi connectivity index (χ2n) is 4.77. The van der Waals surface area contributed by atoms with Crippen LogP contribution in [0.2, 0.25) is 0 Å². The molecule has 1 atom stereocenters. The van der Waals surface area contributed by atoms with Gasteiger partial charge in [0.1, 0.15) is 6.61 Å². The van der Waals surface area contributed by atoms with E-state index in [1.54, 1.807) is 0 Å². The molecule has 108 valence electrons. The van der Waals surface area contributed by atoms with Gasteiger partial charge < -0.3 is 4.74 Å². The van der Waals surface area contributed by atoms with Crippen LogP contribution in [0.15, 0.2) is 6.07 Å². The Morgan fingerprint density at radius 3 is 2.00 bits per heavy atom. The molecule has 0 bridgehead atoms. The average molecular weight is 339 g/mol. The zero-order chi connectivity index (χ0) is 14.8. The summed E-state index contributed by atoms with van der Waals surface area (Å²) in [6.45, 7) is 6.76. The highest BCUT2D eigenvalue weighted by Crippen LogP contribution is 2.33. The van der Waals surface area contributed by atoms with Crippen LogP contribution >= 0.6 is 15.9 Å². The van der Waals surface area contributed by atoms with E-state index in [-0.39, 0.29) is 11.4 Å². The van der Waals surface area contributed by atoms with Crippen molar-refractivity contribution in [1.29, 1.82) is 0 Å². The fourth-order valence-electron chi connectivity index (χ4n) is 2.08. The van der Waals surface area contributed by atoms with E-state index in [4.69, 9.17) is 4.74 Å². The molecule has 0 fully saturated rings. The Bertz CT molecular complexity index is 429. The standard InChI is InChI=1S/C14H18BrF3O/c1-8-5-9(2)11(4)13(10(8)3)12(15)6-19-7-14(16,17)18/h5,12H,6-7H2,1-4H3. The van der Waals surface area contributed by atoms with Gasteiger partial charge in [-0.2, -0.15) is 13.2 Å². The summed E-state index contributed by atoms with van der Waals surface area (Å²) in [5.74, 6) is 0. The van der Waals surface area contributed by atoms with Crippen molar-refractivity contribution in [2.24, 2.45) is 0 Å². The van der Waals surface area contributed by atoms with Gasteiger partial charge in [-0.15, -0.1) is 0 Å². The summed E-state index contributed by atoms with van der Waals surface area (Å²) in [6.07, 6.45) is -4.28. The lowest BCUT2D eigenvalue weighted by Gasteiger charge is -2.20. The van der Waals surface area contributed by atoms with E-state index in [0.717, 1.165) is 27.8 Å². The van der Waals surface area contributed by atoms with E-state index < -0.39 is 12.8 Å². The van der Waals surface area contributed by atoms with E-state index in [1.165, 1.54) is 0 Å². The summed E-state index contributed by atoms with van der Waals surface area (Å²) in [5.41, 5.74) is 5.50. The summed E-state index contributed by atoms with van der Waals surface area (Å²) in [6, 6.07) is 2.09. The summed E-state index contributed by atoms with van der Waals surface area (Å²) in [5, 5.41) is 0. The van der Waals surface area contributed by atoms with Crippen molar-refractivity contribution < 1.29 is 17.9 Å². The first kappa shape index (κ1) is 16.5. The smallest absolute Gasteiger partial charge is 0.371 e. The van der Waals surface area contributed by atoms with Gasteiger partial charge in [0.05, 0.1) is 11.4 Å². The minimum atomic E-state index is -4.28. The molecule has 0 aromatic heterocycles. The maximum atomic E-state index is 12.1. The van der Waals surface area contributed by atoms with Crippen molar-refractivity contribution in [3.8, 4) is 0 Å². The van der Waals surface area contributed by atoms with E-state index in [1.807, 2.05) is 27.7 Å². The minimum absolute atomic E-state index is 0.00405. The van der Waals surface area contributed by atoms with Gasteiger partial charge in [0.15, 0.2) is 0 Å². The monoisotopic (exact) mass is 338 g/mol. The Morgan fingerprint density at radius 1 is 1.11 bits per heavy atom. The molecule has 1 rings (SSSR count). The molecule has 0 aliphatic rings. The Labute approximate surface area is 120 Å². The number of benzene rings is 1. The highest BCUT2D eigenvalue weighted by atomic mass is 79.9. The molecular formula is C14H18BrF3O. The first-order valence-corrected chi connectivity index (χ1v) is 6.91. The zero-order valence-electron chi connectivity index (χ0n) is 11.5. The largest absolute Gasteiger partial charge is 0.411 e. The van der Waals surface area contributed by atoms with Crippen LogP contribution in [0.5, 0.6) is 0 Å². The third-order valence-corrected chi connectivity index (χ3v) is 3.99. The number of rotatable bonds is 4. The Hall–Kier alpha value is -0.550. The predicted octanol–water partition coefficient (Wildman–Crippen LogP) is 4.94. The summed E-state index contributed by atoms with van der Waals surface area (Å²) < 4.78 is 40.9. The lowest BCUT2D eigenvalue weighted by molar-refractivity contribution is -0.173. The molecule has 0 saturated carbocycles. The third kappa shape index (κ3) is 4.49. The van der Waals surface area contributed by atoms with Crippen molar-refractivity contribution in [3.63, 3.8) is 0 Å². The van der Waals surface area contributed by atoms with Crippen LogP contribution in [0.25, 0.3) is 0 Å². The molecule has 0 N–H and O–H groups in total. The van der Waals surface area contributed by atoms with Gasteiger partial charge in [0.25, 0.3) is 0 Å². The normalized spacial score (nSPS) is 13.7. The van der Waals surface area contributed by atoms with E-state index in [2.05, 4.69) is 22.0 Å². The second kappa shape index (κ2) is 6.27. The fourth-order valence-corrected chi connectivity index (χ4v) is 2.95. The van der Waals surface area contributed by atoms with Crippen LogP contribution in [0, 0.1) is 27.7 Å². The van der Waals surface area contributed by atoms with Gasteiger partial charge in [0, 0.05) is 0 Å². The average Bonchev–Trinajstić information content (AvgIpc) is 2.25. The molecule has 0 heterocycles. The van der Waals surface area contributed by atoms with Crippen LogP contribution in [0.3, 0.4) is 0 Å². The SMILES string of the molecule is Cc1cc(C)c(C)c(C(Br)COCC(F)(F)F)c1C. The molecule has 0 spiro atoms. The summed E-state index contributed by atoms with van der Waals surface area (Å²) >= 11 is 3.43. The molecule has 0 saturated heterocycles. The number of hydrogen-bond donors (Lipinski definition) is 0. The van der Waals surface area contributed by atoms with Gasteiger partial charge in [0.2, 0.25) is 0 Å². The van der Waals surface area contributed by atoms with Gasteiger partial charge in [-0.25, -0.2) is 0 Å². The first-order chi connectivity index (χ1) is 8.63. The number of aryl methyl sites for hydroxylation is 2. The molecule has 0 aliphatic heterocycles. The van der Waals surface area contributed by atoms with Crippen molar-refractivity contribution >= 4 is 15.9 Å². The number of halogens is 4. The molecule has 1 aromatic carbocycles. The van der Waals surface area contributed by atoms with E-state index in [9.17, 15) is 13.2 Å². The van der Waals surface area contributed by atoms with Crippen LogP contribution < -0.4 is 0 Å². The fraction of sp³-hybridized carbons (Fsp3) is 0.571. The maximum Gasteiger partial charge on any atom is 0.411 e. The predicted molar refractivity (Wildman–Crippen MR) is 73.9 cm³/mol. The number of hydrogen-bond acceptors (Lipinski definition) is 1. The maximum absolute atomic E-state index is 12.1. The minimum Gasteiger partial charge on any atom is -0.371 e. The molecular weight excluding hydrogens is 321 g/mol. The van der Waals surface area contributed by atoms with Crippen LogP contribution in [-0.2, 0) is 4.74 Å². The highest BCUT2D eigenvalue weighted by molar-refractivity contribution is 9.09. The Balaban J connectivity index is 2.85. The molecule has 1 unspecified atom stereocenters. The van der Waals surface area contributed by atoms with Gasteiger partial charge in [-0.3, -0.25) is 0 Å². The van der Waals surface area contributed by atoms with Crippen molar-refractivity contribution in [2.45, 2.75) is 38.7 Å². The molecule has 0 radical (unpaired) electrons. The van der Waals surface area contributed by atoms with Crippen LogP contribution in [-0.4, -0.2) is 19.4 Å². The lowest BCUT2D eigenvalue weighted by atomic mass is 9.92. The van der Waals surface area contributed by atoms with Crippen LogP contribution in [0.4, 0.5) is 13.2 Å². The summed E-state index contributed by atoms with van der Waals surface area (Å²) in [7, 11) is 0. The highest BCUT2D eigenvalue weighted by Gasteiger charge is 2.28. The Morgan fingerprint density at radius 2 is 1.58 bits per heavy atom. The first-order valence-electron chi connectivity index (χ1n) is 5.99. The lowest BCUT2D eigenvalue weighted by Crippen LogP contribution is -2.19. The van der Waals surface area contributed by atoms with Crippen LogP contribution in [0.1, 0.15) is 32.6 Å². The van der Waals surface area contributed by atoms with Crippen molar-refractivity contribution in [3.05, 3.63) is 33.9 Å².